The lowest BCUT2D eigenvalue weighted by Gasteiger charge is -2.16. The lowest BCUT2D eigenvalue weighted by Crippen LogP contribution is -2.29. The molecule has 0 spiro atoms. The van der Waals surface area contributed by atoms with E-state index in [-0.39, 0.29) is 6.42 Å². The number of ether oxygens (including phenoxy) is 1. The first-order valence-corrected chi connectivity index (χ1v) is 7.12. The van der Waals surface area contributed by atoms with E-state index < -0.39 is 12.1 Å². The lowest BCUT2D eigenvalue weighted by molar-refractivity contribution is -0.145. The lowest BCUT2D eigenvalue weighted by atomic mass is 10.1. The van der Waals surface area contributed by atoms with E-state index in [1.165, 1.54) is 0 Å². The first-order valence-electron chi connectivity index (χ1n) is 6.36. The van der Waals surface area contributed by atoms with Crippen molar-refractivity contribution in [3.63, 3.8) is 0 Å². The molecule has 0 aliphatic carbocycles. The van der Waals surface area contributed by atoms with E-state index in [0.717, 1.165) is 11.1 Å². The second-order valence-corrected chi connectivity index (χ2v) is 5.47. The number of carbonyl (C=O) groups is 1. The number of rotatable bonds is 5. The summed E-state index contributed by atoms with van der Waals surface area (Å²) in [6.45, 7) is 1.83. The van der Waals surface area contributed by atoms with Gasteiger partial charge < -0.3 is 9.84 Å². The molecule has 0 heterocycles. The van der Waals surface area contributed by atoms with Crippen molar-refractivity contribution in [2.24, 2.45) is 0 Å². The molecule has 0 fully saturated rings. The first kappa shape index (κ1) is 15.7. The molecule has 2 aromatic rings. The third kappa shape index (κ3) is 4.13. The van der Waals surface area contributed by atoms with Crippen LogP contribution in [0, 0.1) is 6.92 Å². The van der Waals surface area contributed by atoms with Gasteiger partial charge in [-0.25, -0.2) is 4.79 Å². The van der Waals surface area contributed by atoms with Crippen LogP contribution < -0.4 is 4.74 Å². The zero-order valence-electron chi connectivity index (χ0n) is 11.3. The van der Waals surface area contributed by atoms with Gasteiger partial charge in [-0.15, -0.1) is 0 Å². The normalized spacial score (nSPS) is 12.0. The minimum atomic E-state index is -1.04. The Kier molecular flexibility index (Phi) is 5.10. The van der Waals surface area contributed by atoms with Gasteiger partial charge in [0.25, 0.3) is 0 Å². The summed E-state index contributed by atoms with van der Waals surface area (Å²) < 4.78 is 5.55. The van der Waals surface area contributed by atoms with Crippen LogP contribution >= 0.6 is 23.2 Å². The van der Waals surface area contributed by atoms with Crippen molar-refractivity contribution in [3.05, 3.63) is 63.6 Å². The number of carboxylic acid groups (broad SMARTS) is 1. The molecule has 0 aromatic heterocycles. The van der Waals surface area contributed by atoms with Gasteiger partial charge in [-0.3, -0.25) is 0 Å². The minimum Gasteiger partial charge on any atom is -0.478 e. The zero-order chi connectivity index (χ0) is 15.4. The summed E-state index contributed by atoms with van der Waals surface area (Å²) in [6, 6.07) is 12.2. The highest BCUT2D eigenvalue weighted by molar-refractivity contribution is 6.31. The number of hydrogen-bond acceptors (Lipinski definition) is 2. The van der Waals surface area contributed by atoms with Crippen molar-refractivity contribution >= 4 is 29.2 Å². The molecule has 1 atom stereocenters. The van der Waals surface area contributed by atoms with E-state index in [0.29, 0.717) is 15.8 Å². The SMILES string of the molecule is Cc1cc(O[C@H](Cc2ccccc2Cl)C(=O)O)ccc1Cl. The maximum absolute atomic E-state index is 11.4. The van der Waals surface area contributed by atoms with Crippen molar-refractivity contribution in [1.82, 2.24) is 0 Å². The molecule has 3 nitrogen and oxygen atoms in total. The van der Waals surface area contributed by atoms with Crippen LogP contribution in [-0.2, 0) is 11.2 Å². The molecule has 0 aliphatic rings. The molecule has 0 aliphatic heterocycles. The molecule has 0 unspecified atom stereocenters. The second-order valence-electron chi connectivity index (χ2n) is 4.65. The average Bonchev–Trinajstić information content (AvgIpc) is 2.44. The first-order chi connectivity index (χ1) is 9.97. The van der Waals surface area contributed by atoms with Crippen molar-refractivity contribution < 1.29 is 14.6 Å². The van der Waals surface area contributed by atoms with Crippen LogP contribution in [0.5, 0.6) is 5.75 Å². The summed E-state index contributed by atoms with van der Waals surface area (Å²) >= 11 is 12.0. The molecule has 110 valence electrons. The fourth-order valence-corrected chi connectivity index (χ4v) is 2.23. The Hall–Kier alpha value is -1.71. The quantitative estimate of drug-likeness (QED) is 0.887. The molecule has 1 N–H and O–H groups in total. The molecule has 2 aromatic carbocycles. The summed E-state index contributed by atoms with van der Waals surface area (Å²) in [6.07, 6.45) is -0.818. The Morgan fingerprint density at radius 2 is 1.90 bits per heavy atom. The van der Waals surface area contributed by atoms with E-state index >= 15 is 0 Å². The highest BCUT2D eigenvalue weighted by Crippen LogP contribution is 2.24. The van der Waals surface area contributed by atoms with Crippen LogP contribution in [0.2, 0.25) is 10.0 Å². The highest BCUT2D eigenvalue weighted by atomic mass is 35.5. The van der Waals surface area contributed by atoms with Gasteiger partial charge in [-0.1, -0.05) is 41.4 Å². The molecule has 5 heteroatoms. The van der Waals surface area contributed by atoms with Gasteiger partial charge in [0.1, 0.15) is 5.75 Å². The predicted octanol–water partition coefficient (Wildman–Crippen LogP) is 4.38. The summed E-state index contributed by atoms with van der Waals surface area (Å²) in [4.78, 5) is 11.4. The topological polar surface area (TPSA) is 46.5 Å². The summed E-state index contributed by atoms with van der Waals surface area (Å²) in [5, 5.41) is 10.5. The number of carboxylic acids is 1. The van der Waals surface area contributed by atoms with Crippen LogP contribution in [0.3, 0.4) is 0 Å². The van der Waals surface area contributed by atoms with E-state index in [1.807, 2.05) is 13.0 Å². The number of aryl methyl sites for hydroxylation is 1. The van der Waals surface area contributed by atoms with Gasteiger partial charge >= 0.3 is 5.97 Å². The smallest absolute Gasteiger partial charge is 0.345 e. The number of aliphatic carboxylic acids is 1. The second kappa shape index (κ2) is 6.83. The van der Waals surface area contributed by atoms with Gasteiger partial charge in [0.2, 0.25) is 0 Å². The molecular weight excluding hydrogens is 311 g/mol. The Morgan fingerprint density at radius 1 is 1.19 bits per heavy atom. The summed E-state index contributed by atoms with van der Waals surface area (Å²) in [7, 11) is 0. The van der Waals surface area contributed by atoms with Crippen LogP contribution in [0.15, 0.2) is 42.5 Å². The third-order valence-electron chi connectivity index (χ3n) is 3.05. The van der Waals surface area contributed by atoms with E-state index in [2.05, 4.69) is 0 Å². The van der Waals surface area contributed by atoms with Crippen LogP contribution in [0.1, 0.15) is 11.1 Å². The fourth-order valence-electron chi connectivity index (χ4n) is 1.90. The van der Waals surface area contributed by atoms with Crippen molar-refractivity contribution in [1.29, 1.82) is 0 Å². The summed E-state index contributed by atoms with van der Waals surface area (Å²) in [5.41, 5.74) is 1.56. The average molecular weight is 325 g/mol. The molecule has 0 amide bonds. The van der Waals surface area contributed by atoms with E-state index in [9.17, 15) is 9.90 Å². The maximum atomic E-state index is 11.4. The summed E-state index contributed by atoms with van der Waals surface area (Å²) in [5.74, 6) is -0.570. The van der Waals surface area contributed by atoms with Crippen molar-refractivity contribution in [3.8, 4) is 5.75 Å². The number of halogens is 2. The molecule has 0 radical (unpaired) electrons. The van der Waals surface area contributed by atoms with Crippen molar-refractivity contribution in [2.45, 2.75) is 19.4 Å². The van der Waals surface area contributed by atoms with Crippen LogP contribution in [-0.4, -0.2) is 17.2 Å². The fraction of sp³-hybridized carbons (Fsp3) is 0.188. The van der Waals surface area contributed by atoms with Crippen molar-refractivity contribution in [2.75, 3.05) is 0 Å². The Labute approximate surface area is 133 Å². The van der Waals surface area contributed by atoms with Crippen LogP contribution in [0.25, 0.3) is 0 Å². The maximum Gasteiger partial charge on any atom is 0.345 e. The van der Waals surface area contributed by atoms with Gasteiger partial charge in [0, 0.05) is 16.5 Å². The van der Waals surface area contributed by atoms with Crippen LogP contribution in [0.4, 0.5) is 0 Å². The van der Waals surface area contributed by atoms with Gasteiger partial charge in [0.05, 0.1) is 0 Å². The number of hydrogen-bond donors (Lipinski definition) is 1. The molecular formula is C16H14Cl2O3. The Balaban J connectivity index is 2.18. The van der Waals surface area contributed by atoms with Gasteiger partial charge in [-0.2, -0.15) is 0 Å². The third-order valence-corrected chi connectivity index (χ3v) is 3.84. The molecule has 21 heavy (non-hydrogen) atoms. The predicted molar refractivity (Wildman–Crippen MR) is 83.4 cm³/mol. The Morgan fingerprint density at radius 3 is 2.52 bits per heavy atom. The highest BCUT2D eigenvalue weighted by Gasteiger charge is 2.21. The number of benzene rings is 2. The van der Waals surface area contributed by atoms with Gasteiger partial charge in [0.15, 0.2) is 6.10 Å². The monoisotopic (exact) mass is 324 g/mol. The van der Waals surface area contributed by atoms with E-state index in [1.54, 1.807) is 36.4 Å². The molecule has 0 saturated carbocycles. The molecule has 0 saturated heterocycles. The van der Waals surface area contributed by atoms with Gasteiger partial charge in [-0.05, 0) is 42.3 Å². The molecule has 0 bridgehead atoms. The Bertz CT molecular complexity index is 656. The molecule has 2 rings (SSSR count). The largest absolute Gasteiger partial charge is 0.478 e. The standard InChI is InChI=1S/C16H14Cl2O3/c1-10-8-12(6-7-13(10)17)21-15(16(19)20)9-11-4-2-3-5-14(11)18/h2-8,15H,9H2,1H3,(H,19,20)/t15-/m1/s1. The van der Waals surface area contributed by atoms with E-state index in [4.69, 9.17) is 27.9 Å². The minimum absolute atomic E-state index is 0.191. The zero-order valence-corrected chi connectivity index (χ0v) is 12.9.